The summed E-state index contributed by atoms with van der Waals surface area (Å²) in [5, 5.41) is 13.9. The van der Waals surface area contributed by atoms with Gasteiger partial charge in [0.05, 0.1) is 60.5 Å². The number of hydrazone groups is 1. The van der Waals surface area contributed by atoms with Crippen LogP contribution in [0.3, 0.4) is 0 Å². The molecule has 4 N–H and O–H groups in total. The van der Waals surface area contributed by atoms with Crippen LogP contribution in [-0.2, 0) is 14.3 Å². The van der Waals surface area contributed by atoms with E-state index in [4.69, 9.17) is 10.6 Å². The fraction of sp³-hybridized carbons (Fsp3) is 0.385. The van der Waals surface area contributed by atoms with Crippen LogP contribution in [0.15, 0.2) is 48.0 Å². The summed E-state index contributed by atoms with van der Waals surface area (Å²) in [7, 11) is 0. The van der Waals surface area contributed by atoms with Crippen LogP contribution < -0.4 is 16.5 Å². The van der Waals surface area contributed by atoms with E-state index in [-0.39, 0.29) is 17.7 Å². The van der Waals surface area contributed by atoms with Crippen LogP contribution in [0, 0.1) is 6.92 Å². The Hall–Kier alpha value is -4.16. The Balaban J connectivity index is 1.24. The molecule has 12 heteroatoms. The third-order valence-corrected chi connectivity index (χ3v) is 6.91. The highest BCUT2D eigenvalue weighted by atomic mass is 16.5. The van der Waals surface area contributed by atoms with Gasteiger partial charge in [0, 0.05) is 24.0 Å². The summed E-state index contributed by atoms with van der Waals surface area (Å²) in [6.07, 6.45) is 7.30. The Morgan fingerprint density at radius 3 is 2.68 bits per heavy atom. The van der Waals surface area contributed by atoms with Gasteiger partial charge in [-0.1, -0.05) is 0 Å². The average Bonchev–Trinajstić information content (AvgIpc) is 3.50. The second kappa shape index (κ2) is 11.1. The number of aryl methyl sites for hydroxylation is 1. The number of rotatable bonds is 8. The summed E-state index contributed by atoms with van der Waals surface area (Å²) in [4.78, 5) is 36.4. The average molecular weight is 518 g/mol. The predicted octanol–water partition coefficient (Wildman–Crippen LogP) is 1.94. The maximum atomic E-state index is 13.1. The van der Waals surface area contributed by atoms with E-state index in [2.05, 4.69) is 42.6 Å². The van der Waals surface area contributed by atoms with Crippen molar-refractivity contribution >= 4 is 28.9 Å². The Bertz CT molecular complexity index is 1350. The first-order valence-corrected chi connectivity index (χ1v) is 12.6. The number of ether oxygens (including phenoxy) is 1. The zero-order valence-electron chi connectivity index (χ0n) is 21.4. The van der Waals surface area contributed by atoms with Crippen LogP contribution in [0.1, 0.15) is 37.2 Å². The quantitative estimate of drug-likeness (QED) is 0.233. The lowest BCUT2D eigenvalue weighted by Crippen LogP contribution is -2.35. The number of nitrogens with one attached hydrogen (secondary N) is 2. The van der Waals surface area contributed by atoms with Crippen LogP contribution in [-0.4, -0.2) is 74.5 Å². The summed E-state index contributed by atoms with van der Waals surface area (Å²) < 4.78 is 7.10. The second-order valence-corrected chi connectivity index (χ2v) is 9.60. The van der Waals surface area contributed by atoms with E-state index < -0.39 is 5.91 Å². The van der Waals surface area contributed by atoms with E-state index >= 15 is 0 Å². The van der Waals surface area contributed by atoms with E-state index in [0.717, 1.165) is 30.6 Å². The van der Waals surface area contributed by atoms with E-state index in [9.17, 15) is 9.59 Å². The molecular formula is C26H31N9O3. The molecule has 2 saturated heterocycles. The Kier molecular flexibility index (Phi) is 7.43. The fourth-order valence-electron chi connectivity index (χ4n) is 4.52. The van der Waals surface area contributed by atoms with E-state index in [0.29, 0.717) is 48.6 Å². The standard InChI is InChI=1S/C26H31N9O3/c1-16-4-3-8-34(16)13-24(36)30-19-10-23(17(2)28-12-19)31-26(37)25(32-27)22-6-5-18(11-29-22)21-7-9-35(33-21)20-14-38-15-20/h5-7,9-12,16,20H,3-4,8,13-15,27H2,1-2H3,(H,30,36)(H,31,37). The summed E-state index contributed by atoms with van der Waals surface area (Å²) in [6.45, 7) is 6.43. The molecule has 2 amide bonds. The smallest absolute Gasteiger partial charge is 0.278 e. The molecule has 5 rings (SSSR count). The molecule has 0 bridgehead atoms. The van der Waals surface area contributed by atoms with Gasteiger partial charge in [0.25, 0.3) is 5.91 Å². The number of amides is 2. The third kappa shape index (κ3) is 5.55. The highest BCUT2D eigenvalue weighted by Crippen LogP contribution is 2.22. The molecule has 2 aliphatic heterocycles. The van der Waals surface area contributed by atoms with E-state index in [1.54, 1.807) is 31.5 Å². The van der Waals surface area contributed by atoms with Crippen LogP contribution in [0.2, 0.25) is 0 Å². The normalized spacial score (nSPS) is 18.3. The summed E-state index contributed by atoms with van der Waals surface area (Å²) >= 11 is 0. The zero-order chi connectivity index (χ0) is 26.6. The van der Waals surface area contributed by atoms with Crippen molar-refractivity contribution in [3.8, 4) is 11.3 Å². The number of likely N-dealkylation sites (tertiary alicyclic amines) is 1. The fourth-order valence-corrected chi connectivity index (χ4v) is 4.52. The largest absolute Gasteiger partial charge is 0.377 e. The SMILES string of the molecule is Cc1ncc(NC(=O)CN2CCCC2C)cc1NC(=O)C(=NN)c1ccc(-c2ccn(C3COC3)n2)cn1. The highest BCUT2D eigenvalue weighted by Gasteiger charge is 2.23. The van der Waals surface area contributed by atoms with Gasteiger partial charge < -0.3 is 21.2 Å². The predicted molar refractivity (Wildman–Crippen MR) is 143 cm³/mol. The van der Waals surface area contributed by atoms with Gasteiger partial charge in [-0.15, -0.1) is 0 Å². The number of carbonyl (C=O) groups excluding carboxylic acids is 2. The number of hydrogen-bond donors (Lipinski definition) is 3. The number of hydrogen-bond acceptors (Lipinski definition) is 9. The van der Waals surface area contributed by atoms with Crippen molar-refractivity contribution in [1.82, 2.24) is 24.6 Å². The van der Waals surface area contributed by atoms with E-state index in [1.165, 1.54) is 0 Å². The molecule has 1 unspecified atom stereocenters. The molecule has 1 atom stereocenters. The van der Waals surface area contributed by atoms with Gasteiger partial charge in [-0.05, 0) is 57.5 Å². The van der Waals surface area contributed by atoms with Gasteiger partial charge >= 0.3 is 0 Å². The Morgan fingerprint density at radius 2 is 2.03 bits per heavy atom. The third-order valence-electron chi connectivity index (χ3n) is 6.91. The van der Waals surface area contributed by atoms with Gasteiger partial charge in [0.2, 0.25) is 5.91 Å². The van der Waals surface area contributed by atoms with Crippen molar-refractivity contribution in [2.24, 2.45) is 10.9 Å². The number of carbonyl (C=O) groups is 2. The number of pyridine rings is 2. The van der Waals surface area contributed by atoms with Gasteiger partial charge in [0.1, 0.15) is 0 Å². The minimum atomic E-state index is -0.540. The maximum absolute atomic E-state index is 13.1. The number of anilines is 2. The summed E-state index contributed by atoms with van der Waals surface area (Å²) in [6, 6.07) is 7.71. The molecular weight excluding hydrogens is 486 g/mol. The van der Waals surface area contributed by atoms with Crippen molar-refractivity contribution in [2.75, 3.05) is 36.9 Å². The van der Waals surface area contributed by atoms with Crippen LogP contribution in [0.5, 0.6) is 0 Å². The lowest BCUT2D eigenvalue weighted by Gasteiger charge is -2.25. The lowest BCUT2D eigenvalue weighted by atomic mass is 10.1. The van der Waals surface area contributed by atoms with Crippen molar-refractivity contribution in [1.29, 1.82) is 0 Å². The van der Waals surface area contributed by atoms with E-state index in [1.807, 2.05) is 23.0 Å². The molecule has 0 aliphatic carbocycles. The monoisotopic (exact) mass is 517 g/mol. The highest BCUT2D eigenvalue weighted by molar-refractivity contribution is 6.48. The Labute approximate surface area is 220 Å². The second-order valence-electron chi connectivity index (χ2n) is 9.60. The molecule has 198 valence electrons. The minimum Gasteiger partial charge on any atom is -0.377 e. The molecule has 0 aromatic carbocycles. The first kappa shape index (κ1) is 25.5. The molecule has 3 aromatic heterocycles. The maximum Gasteiger partial charge on any atom is 0.278 e. The van der Waals surface area contributed by atoms with Crippen LogP contribution in [0.4, 0.5) is 11.4 Å². The van der Waals surface area contributed by atoms with Gasteiger partial charge in [-0.2, -0.15) is 10.2 Å². The lowest BCUT2D eigenvalue weighted by molar-refractivity contribution is -0.117. The molecule has 0 saturated carbocycles. The molecule has 38 heavy (non-hydrogen) atoms. The molecule has 0 radical (unpaired) electrons. The summed E-state index contributed by atoms with van der Waals surface area (Å²) in [5.74, 6) is 4.91. The summed E-state index contributed by atoms with van der Waals surface area (Å²) in [5.41, 5.74) is 3.36. The van der Waals surface area contributed by atoms with Crippen molar-refractivity contribution < 1.29 is 14.3 Å². The first-order chi connectivity index (χ1) is 18.4. The molecule has 2 fully saturated rings. The molecule has 5 heterocycles. The number of aromatic nitrogens is 4. The first-order valence-electron chi connectivity index (χ1n) is 12.6. The molecule has 3 aromatic rings. The number of nitrogens with two attached hydrogens (primary N) is 1. The van der Waals surface area contributed by atoms with Gasteiger partial charge in [0.15, 0.2) is 5.71 Å². The Morgan fingerprint density at radius 1 is 1.18 bits per heavy atom. The molecule has 0 spiro atoms. The topological polar surface area (TPSA) is 153 Å². The van der Waals surface area contributed by atoms with Crippen molar-refractivity contribution in [2.45, 2.75) is 38.8 Å². The zero-order valence-corrected chi connectivity index (χ0v) is 21.4. The van der Waals surface area contributed by atoms with Crippen LogP contribution >= 0.6 is 0 Å². The van der Waals surface area contributed by atoms with Crippen molar-refractivity contribution in [3.05, 3.63) is 54.2 Å². The van der Waals surface area contributed by atoms with Gasteiger partial charge in [-0.3, -0.25) is 29.1 Å². The number of nitrogens with zero attached hydrogens (tertiary/aromatic N) is 6. The van der Waals surface area contributed by atoms with Gasteiger partial charge in [-0.25, -0.2) is 0 Å². The van der Waals surface area contributed by atoms with Crippen LogP contribution in [0.25, 0.3) is 11.3 Å². The van der Waals surface area contributed by atoms with Crippen molar-refractivity contribution in [3.63, 3.8) is 0 Å². The minimum absolute atomic E-state index is 0.0365. The molecule has 12 nitrogen and oxygen atoms in total. The molecule has 2 aliphatic rings.